The van der Waals surface area contributed by atoms with Crippen LogP contribution in [0.3, 0.4) is 0 Å². The summed E-state index contributed by atoms with van der Waals surface area (Å²) in [5.41, 5.74) is 10.8. The van der Waals surface area contributed by atoms with Crippen molar-refractivity contribution in [3.8, 4) is 0 Å². The molecule has 0 saturated heterocycles. The molecule has 172 valence electrons. The van der Waals surface area contributed by atoms with Gasteiger partial charge >= 0.3 is 0 Å². The summed E-state index contributed by atoms with van der Waals surface area (Å²) in [5, 5.41) is 14.0. The van der Waals surface area contributed by atoms with Crippen molar-refractivity contribution < 1.29 is 13.9 Å². The van der Waals surface area contributed by atoms with E-state index >= 15 is 0 Å². The van der Waals surface area contributed by atoms with Crippen LogP contribution in [0.15, 0.2) is 36.4 Å². The molecule has 2 aromatic carbocycles. The number of halogens is 3. The zero-order valence-electron chi connectivity index (χ0n) is 18.6. The van der Waals surface area contributed by atoms with Gasteiger partial charge in [-0.15, -0.1) is 12.4 Å². The molecule has 3 nitrogen and oxygen atoms in total. The van der Waals surface area contributed by atoms with Crippen LogP contribution in [-0.4, -0.2) is 23.8 Å². The predicted molar refractivity (Wildman–Crippen MR) is 125 cm³/mol. The highest BCUT2D eigenvalue weighted by Gasteiger charge is 2.23. The summed E-state index contributed by atoms with van der Waals surface area (Å²) in [6.07, 6.45) is 3.63. The Morgan fingerprint density at radius 2 is 1.77 bits per heavy atom. The molecule has 4 N–H and O–H groups in total. The maximum absolute atomic E-state index is 13.4. The Bertz CT molecular complexity index is 849. The quantitative estimate of drug-likeness (QED) is 0.561. The van der Waals surface area contributed by atoms with Gasteiger partial charge in [-0.25, -0.2) is 8.78 Å². The van der Waals surface area contributed by atoms with Crippen molar-refractivity contribution >= 4 is 12.4 Å². The third kappa shape index (κ3) is 7.53. The lowest BCUT2D eigenvalue weighted by Gasteiger charge is -2.30. The molecule has 1 aliphatic rings. The maximum atomic E-state index is 13.4. The largest absolute Gasteiger partial charge is 0.390 e. The van der Waals surface area contributed by atoms with Crippen molar-refractivity contribution in [1.29, 1.82) is 0 Å². The molecule has 6 heteroatoms. The predicted octanol–water partition coefficient (Wildman–Crippen LogP) is 4.87. The first kappa shape index (κ1) is 25.7. The van der Waals surface area contributed by atoms with Crippen LogP contribution in [0.4, 0.5) is 8.78 Å². The molecule has 0 amide bonds. The van der Waals surface area contributed by atoms with Crippen LogP contribution in [0.2, 0.25) is 0 Å². The fourth-order valence-corrected chi connectivity index (χ4v) is 4.33. The van der Waals surface area contributed by atoms with Gasteiger partial charge in [0.05, 0.1) is 6.10 Å². The van der Waals surface area contributed by atoms with Crippen LogP contribution >= 0.6 is 12.4 Å². The minimum Gasteiger partial charge on any atom is -0.390 e. The number of fused-ring (bicyclic) bond motifs is 1. The molecule has 0 fully saturated rings. The highest BCUT2D eigenvalue weighted by atomic mass is 35.5. The number of hydrogen-bond acceptors (Lipinski definition) is 3. The Kier molecular flexibility index (Phi) is 9.02. The SMILES string of the molecule is CC(C)(C)Cc1ccc2c(c1)C(NCC(O)C(N)Cc1cc(F)cc(F)c1)CCC2.Cl. The summed E-state index contributed by atoms with van der Waals surface area (Å²) in [6.45, 7) is 7.06. The van der Waals surface area contributed by atoms with Gasteiger partial charge in [0.1, 0.15) is 11.6 Å². The molecule has 0 aliphatic heterocycles. The Morgan fingerprint density at radius 3 is 2.42 bits per heavy atom. The van der Waals surface area contributed by atoms with E-state index in [1.165, 1.54) is 28.8 Å². The van der Waals surface area contributed by atoms with Crippen LogP contribution in [0, 0.1) is 17.0 Å². The van der Waals surface area contributed by atoms with Crippen LogP contribution in [0.1, 0.15) is 61.9 Å². The summed E-state index contributed by atoms with van der Waals surface area (Å²) in [4.78, 5) is 0. The number of aryl methyl sites for hydroxylation is 1. The lowest BCUT2D eigenvalue weighted by atomic mass is 9.82. The van der Waals surface area contributed by atoms with E-state index in [2.05, 4.69) is 44.3 Å². The fraction of sp³-hybridized carbons (Fsp3) is 0.520. The van der Waals surface area contributed by atoms with E-state index in [4.69, 9.17) is 5.73 Å². The molecule has 0 heterocycles. The van der Waals surface area contributed by atoms with Crippen molar-refractivity contribution in [2.45, 2.75) is 71.1 Å². The third-order valence-electron chi connectivity index (χ3n) is 5.72. The van der Waals surface area contributed by atoms with Crippen molar-refractivity contribution in [1.82, 2.24) is 5.32 Å². The molecule has 2 aromatic rings. The Morgan fingerprint density at radius 1 is 1.10 bits per heavy atom. The summed E-state index contributed by atoms with van der Waals surface area (Å²) < 4.78 is 26.8. The van der Waals surface area contributed by atoms with Crippen molar-refractivity contribution in [2.75, 3.05) is 6.54 Å². The second-order valence-corrected chi connectivity index (χ2v) is 9.84. The van der Waals surface area contributed by atoms with Crippen molar-refractivity contribution in [2.24, 2.45) is 11.1 Å². The second-order valence-electron chi connectivity index (χ2n) is 9.84. The summed E-state index contributed by atoms with van der Waals surface area (Å²) >= 11 is 0. The van der Waals surface area contributed by atoms with Gasteiger partial charge in [-0.1, -0.05) is 39.0 Å². The monoisotopic (exact) mass is 452 g/mol. The van der Waals surface area contributed by atoms with Crippen LogP contribution in [0.5, 0.6) is 0 Å². The number of nitrogens with two attached hydrogens (primary N) is 1. The lowest BCUT2D eigenvalue weighted by molar-refractivity contribution is 0.136. The Labute approximate surface area is 190 Å². The number of nitrogens with one attached hydrogen (secondary N) is 1. The summed E-state index contributed by atoms with van der Waals surface area (Å²) in [7, 11) is 0. The van der Waals surface area contributed by atoms with E-state index < -0.39 is 23.8 Å². The van der Waals surface area contributed by atoms with Crippen molar-refractivity contribution in [3.63, 3.8) is 0 Å². The standard InChI is InChI=1S/C25H34F2N2O.ClH/c1-25(2,3)14-16-7-8-18-5-4-6-23(21(18)11-16)29-15-24(30)22(28)12-17-9-19(26)13-20(27)10-17;/h7-11,13,22-24,29-30H,4-6,12,14-15,28H2,1-3H3;1H. The molecule has 3 atom stereocenters. The van der Waals surface area contributed by atoms with Crippen LogP contribution < -0.4 is 11.1 Å². The maximum Gasteiger partial charge on any atom is 0.126 e. The zero-order valence-corrected chi connectivity index (χ0v) is 19.4. The van der Waals surface area contributed by atoms with Gasteiger partial charge in [-0.2, -0.15) is 0 Å². The van der Waals surface area contributed by atoms with E-state index in [1.807, 2.05) is 0 Å². The Hall–Kier alpha value is -1.53. The number of aliphatic hydroxyl groups excluding tert-OH is 1. The average molecular weight is 453 g/mol. The van der Waals surface area contributed by atoms with Crippen LogP contribution in [-0.2, 0) is 19.3 Å². The molecule has 0 bridgehead atoms. The minimum atomic E-state index is -0.806. The van der Waals surface area contributed by atoms with Gasteiger partial charge in [0, 0.05) is 24.7 Å². The smallest absolute Gasteiger partial charge is 0.126 e. The van der Waals surface area contributed by atoms with E-state index in [-0.39, 0.29) is 30.3 Å². The van der Waals surface area contributed by atoms with E-state index in [1.54, 1.807) is 0 Å². The van der Waals surface area contributed by atoms with E-state index in [0.717, 1.165) is 31.7 Å². The first-order chi connectivity index (χ1) is 14.1. The molecular formula is C25H35ClF2N2O. The normalized spacial score (nSPS) is 18.1. The first-order valence-corrected chi connectivity index (χ1v) is 10.8. The minimum absolute atomic E-state index is 0. The molecule has 0 aromatic heterocycles. The lowest BCUT2D eigenvalue weighted by Crippen LogP contribution is -2.44. The number of hydrogen-bond donors (Lipinski definition) is 3. The molecule has 0 spiro atoms. The van der Waals surface area contributed by atoms with Gasteiger partial charge in [-0.05, 0) is 71.9 Å². The first-order valence-electron chi connectivity index (χ1n) is 10.8. The number of aliphatic hydroxyl groups is 1. The van der Waals surface area contributed by atoms with Gasteiger partial charge in [0.15, 0.2) is 0 Å². The van der Waals surface area contributed by atoms with Gasteiger partial charge in [0.25, 0.3) is 0 Å². The fourth-order valence-electron chi connectivity index (χ4n) is 4.33. The number of rotatable bonds is 7. The molecule has 0 radical (unpaired) electrons. The summed E-state index contributed by atoms with van der Waals surface area (Å²) in [5.74, 6) is -1.26. The molecule has 1 aliphatic carbocycles. The van der Waals surface area contributed by atoms with E-state index in [0.29, 0.717) is 12.1 Å². The average Bonchev–Trinajstić information content (AvgIpc) is 2.63. The van der Waals surface area contributed by atoms with Gasteiger partial charge < -0.3 is 16.2 Å². The second kappa shape index (κ2) is 10.9. The Balaban J connectivity index is 0.00000341. The highest BCUT2D eigenvalue weighted by molar-refractivity contribution is 5.85. The van der Waals surface area contributed by atoms with Gasteiger partial charge in [-0.3, -0.25) is 0 Å². The molecule has 3 unspecified atom stereocenters. The highest BCUT2D eigenvalue weighted by Crippen LogP contribution is 2.32. The van der Waals surface area contributed by atoms with E-state index in [9.17, 15) is 13.9 Å². The van der Waals surface area contributed by atoms with Crippen LogP contribution in [0.25, 0.3) is 0 Å². The molecule has 3 rings (SSSR count). The topological polar surface area (TPSA) is 58.3 Å². The third-order valence-corrected chi connectivity index (χ3v) is 5.72. The molecule has 31 heavy (non-hydrogen) atoms. The number of benzene rings is 2. The summed E-state index contributed by atoms with van der Waals surface area (Å²) in [6, 6.07) is 9.71. The zero-order chi connectivity index (χ0) is 21.9. The van der Waals surface area contributed by atoms with Gasteiger partial charge in [0.2, 0.25) is 0 Å². The van der Waals surface area contributed by atoms with Crippen molar-refractivity contribution in [3.05, 3.63) is 70.3 Å². The molecular weight excluding hydrogens is 418 g/mol. The molecule has 0 saturated carbocycles.